The molecule has 23 heavy (non-hydrogen) atoms. The van der Waals surface area contributed by atoms with Gasteiger partial charge >= 0.3 is 5.97 Å². The van der Waals surface area contributed by atoms with E-state index in [2.05, 4.69) is 30.9 Å². The van der Waals surface area contributed by atoms with Crippen LogP contribution in [0.2, 0.25) is 0 Å². The molecule has 120 valence electrons. The molecular formula is C19H21NO3. The van der Waals surface area contributed by atoms with Crippen molar-refractivity contribution in [1.82, 2.24) is 0 Å². The van der Waals surface area contributed by atoms with E-state index in [1.165, 1.54) is 5.56 Å². The van der Waals surface area contributed by atoms with E-state index in [1.54, 1.807) is 18.2 Å². The molecule has 2 aromatic carbocycles. The van der Waals surface area contributed by atoms with Crippen molar-refractivity contribution < 1.29 is 14.6 Å². The zero-order valence-corrected chi connectivity index (χ0v) is 13.5. The summed E-state index contributed by atoms with van der Waals surface area (Å²) in [5.41, 5.74) is 3.59. The van der Waals surface area contributed by atoms with Crippen molar-refractivity contribution in [3.8, 4) is 5.75 Å². The molecule has 0 spiro atoms. The Bertz CT molecular complexity index is 726. The van der Waals surface area contributed by atoms with Crippen molar-refractivity contribution in [3.63, 3.8) is 0 Å². The summed E-state index contributed by atoms with van der Waals surface area (Å²) in [6.45, 7) is 5.67. The van der Waals surface area contributed by atoms with Gasteiger partial charge in [-0.15, -0.1) is 0 Å². The van der Waals surface area contributed by atoms with Crippen molar-refractivity contribution in [2.45, 2.75) is 32.9 Å². The van der Waals surface area contributed by atoms with Crippen LogP contribution in [0.25, 0.3) is 0 Å². The highest BCUT2D eigenvalue weighted by Crippen LogP contribution is 2.35. The van der Waals surface area contributed by atoms with E-state index in [0.29, 0.717) is 12.1 Å². The summed E-state index contributed by atoms with van der Waals surface area (Å²) < 4.78 is 6.03. The van der Waals surface area contributed by atoms with Crippen molar-refractivity contribution in [2.24, 2.45) is 0 Å². The molecule has 1 unspecified atom stereocenters. The topological polar surface area (TPSA) is 49.8 Å². The summed E-state index contributed by atoms with van der Waals surface area (Å²) >= 11 is 0. The standard InChI is InChI=1S/C19H21NO3/c1-3-16-12-20(17-9-13(2)7-8-18(17)23-16)11-14-5-4-6-15(10-14)19(21)22/h4-10,16H,3,11-12H2,1-2H3,(H,21,22). The van der Waals surface area contributed by atoms with Crippen molar-refractivity contribution in [3.05, 3.63) is 59.2 Å². The van der Waals surface area contributed by atoms with Crippen molar-refractivity contribution in [2.75, 3.05) is 11.4 Å². The Morgan fingerprint density at radius 1 is 1.30 bits per heavy atom. The fourth-order valence-electron chi connectivity index (χ4n) is 2.92. The number of fused-ring (bicyclic) bond motifs is 1. The quantitative estimate of drug-likeness (QED) is 0.931. The molecule has 4 nitrogen and oxygen atoms in total. The number of hydrogen-bond donors (Lipinski definition) is 1. The van der Waals surface area contributed by atoms with Crippen LogP contribution in [0, 0.1) is 6.92 Å². The van der Waals surface area contributed by atoms with Crippen LogP contribution in [-0.4, -0.2) is 23.7 Å². The molecule has 1 heterocycles. The van der Waals surface area contributed by atoms with Gasteiger partial charge in [-0.2, -0.15) is 0 Å². The molecule has 0 fully saturated rings. The van der Waals surface area contributed by atoms with Gasteiger partial charge in [-0.05, 0) is 48.7 Å². The normalized spacial score (nSPS) is 16.6. The van der Waals surface area contributed by atoms with E-state index in [4.69, 9.17) is 9.84 Å². The minimum atomic E-state index is -0.892. The van der Waals surface area contributed by atoms with Gasteiger partial charge in [0.25, 0.3) is 0 Å². The zero-order chi connectivity index (χ0) is 16.4. The number of carboxylic acids is 1. The van der Waals surface area contributed by atoms with E-state index in [1.807, 2.05) is 12.1 Å². The number of benzene rings is 2. The second-order valence-electron chi connectivity index (χ2n) is 6.01. The largest absolute Gasteiger partial charge is 0.486 e. The maximum absolute atomic E-state index is 11.2. The van der Waals surface area contributed by atoms with Crippen LogP contribution in [0.4, 0.5) is 5.69 Å². The van der Waals surface area contributed by atoms with Crippen molar-refractivity contribution >= 4 is 11.7 Å². The number of hydrogen-bond acceptors (Lipinski definition) is 3. The first-order valence-electron chi connectivity index (χ1n) is 7.91. The number of ether oxygens (including phenoxy) is 1. The molecule has 0 radical (unpaired) electrons. The maximum atomic E-state index is 11.2. The first kappa shape index (κ1) is 15.4. The van der Waals surface area contributed by atoms with E-state index < -0.39 is 5.97 Å². The third kappa shape index (κ3) is 3.31. The Morgan fingerprint density at radius 3 is 2.87 bits per heavy atom. The number of anilines is 1. The number of aromatic carboxylic acids is 1. The second kappa shape index (κ2) is 6.32. The van der Waals surface area contributed by atoms with Crippen LogP contribution in [0.3, 0.4) is 0 Å². The first-order valence-corrected chi connectivity index (χ1v) is 7.91. The van der Waals surface area contributed by atoms with Gasteiger partial charge in [0, 0.05) is 6.54 Å². The lowest BCUT2D eigenvalue weighted by molar-refractivity contribution is 0.0696. The number of rotatable bonds is 4. The Labute approximate surface area is 136 Å². The lowest BCUT2D eigenvalue weighted by atomic mass is 10.1. The average Bonchev–Trinajstić information content (AvgIpc) is 2.55. The van der Waals surface area contributed by atoms with Crippen LogP contribution < -0.4 is 9.64 Å². The predicted molar refractivity (Wildman–Crippen MR) is 90.3 cm³/mol. The molecule has 0 aliphatic carbocycles. The molecule has 3 rings (SSSR count). The second-order valence-corrected chi connectivity index (χ2v) is 6.01. The van der Waals surface area contributed by atoms with E-state index >= 15 is 0 Å². The SMILES string of the molecule is CCC1CN(Cc2cccc(C(=O)O)c2)c2cc(C)ccc2O1. The molecule has 1 atom stereocenters. The Morgan fingerprint density at radius 2 is 2.13 bits per heavy atom. The Kier molecular flexibility index (Phi) is 4.24. The molecular weight excluding hydrogens is 290 g/mol. The summed E-state index contributed by atoms with van der Waals surface area (Å²) in [6.07, 6.45) is 1.10. The van der Waals surface area contributed by atoms with Crippen LogP contribution in [0.1, 0.15) is 34.8 Å². The Balaban J connectivity index is 1.91. The van der Waals surface area contributed by atoms with Crippen LogP contribution in [0.15, 0.2) is 42.5 Å². The summed E-state index contributed by atoms with van der Waals surface area (Å²) in [7, 11) is 0. The molecule has 0 amide bonds. The number of carbonyl (C=O) groups is 1. The van der Waals surface area contributed by atoms with Gasteiger partial charge in [-0.3, -0.25) is 0 Å². The zero-order valence-electron chi connectivity index (χ0n) is 13.5. The van der Waals surface area contributed by atoms with Gasteiger partial charge < -0.3 is 14.7 Å². The van der Waals surface area contributed by atoms with E-state index in [0.717, 1.165) is 30.0 Å². The molecule has 1 N–H and O–H groups in total. The molecule has 0 saturated carbocycles. The highest BCUT2D eigenvalue weighted by Gasteiger charge is 2.24. The smallest absolute Gasteiger partial charge is 0.335 e. The molecule has 4 heteroatoms. The van der Waals surface area contributed by atoms with Gasteiger partial charge in [0.15, 0.2) is 0 Å². The molecule has 2 aromatic rings. The summed E-state index contributed by atoms with van der Waals surface area (Å²) in [6, 6.07) is 13.3. The molecule has 1 aliphatic rings. The minimum Gasteiger partial charge on any atom is -0.486 e. The van der Waals surface area contributed by atoms with Crippen molar-refractivity contribution in [1.29, 1.82) is 0 Å². The fourth-order valence-corrected chi connectivity index (χ4v) is 2.92. The van der Waals surface area contributed by atoms with Crippen LogP contribution in [-0.2, 0) is 6.54 Å². The first-order chi connectivity index (χ1) is 11.1. The van der Waals surface area contributed by atoms with E-state index in [9.17, 15) is 4.79 Å². The van der Waals surface area contributed by atoms with E-state index in [-0.39, 0.29) is 6.10 Å². The third-order valence-corrected chi connectivity index (χ3v) is 4.18. The minimum absolute atomic E-state index is 0.160. The lowest BCUT2D eigenvalue weighted by Gasteiger charge is -2.36. The van der Waals surface area contributed by atoms with Gasteiger partial charge in [-0.1, -0.05) is 25.1 Å². The number of aryl methyl sites for hydroxylation is 1. The van der Waals surface area contributed by atoms with Gasteiger partial charge in [-0.25, -0.2) is 4.79 Å². The molecule has 1 aliphatic heterocycles. The molecule has 0 aromatic heterocycles. The molecule has 0 saturated heterocycles. The van der Waals surface area contributed by atoms with Gasteiger partial charge in [0.2, 0.25) is 0 Å². The average molecular weight is 311 g/mol. The summed E-state index contributed by atoms with van der Waals surface area (Å²) in [4.78, 5) is 13.4. The number of nitrogens with zero attached hydrogens (tertiary/aromatic N) is 1. The molecule has 0 bridgehead atoms. The number of carboxylic acid groups (broad SMARTS) is 1. The summed E-state index contributed by atoms with van der Waals surface area (Å²) in [5, 5.41) is 9.16. The lowest BCUT2D eigenvalue weighted by Crippen LogP contribution is -2.39. The maximum Gasteiger partial charge on any atom is 0.335 e. The third-order valence-electron chi connectivity index (χ3n) is 4.18. The highest BCUT2D eigenvalue weighted by molar-refractivity contribution is 5.87. The fraction of sp³-hybridized carbons (Fsp3) is 0.316. The van der Waals surface area contributed by atoms with Gasteiger partial charge in [0.1, 0.15) is 11.9 Å². The Hall–Kier alpha value is -2.49. The van der Waals surface area contributed by atoms with Crippen LogP contribution in [0.5, 0.6) is 5.75 Å². The highest BCUT2D eigenvalue weighted by atomic mass is 16.5. The van der Waals surface area contributed by atoms with Gasteiger partial charge in [0.05, 0.1) is 17.8 Å². The predicted octanol–water partition coefficient (Wildman–Crippen LogP) is 3.87. The summed E-state index contributed by atoms with van der Waals surface area (Å²) in [5.74, 6) is 0.0135. The monoisotopic (exact) mass is 311 g/mol. The van der Waals surface area contributed by atoms with Crippen LogP contribution >= 0.6 is 0 Å².